The van der Waals surface area contributed by atoms with Gasteiger partial charge in [0.15, 0.2) is 46.6 Å². The van der Waals surface area contributed by atoms with Crippen molar-refractivity contribution >= 4 is 109 Å². The van der Waals surface area contributed by atoms with E-state index in [1.54, 1.807) is 0 Å². The van der Waals surface area contributed by atoms with Crippen LogP contribution in [0.1, 0.15) is 25.0 Å². The molecule has 0 saturated heterocycles. The van der Waals surface area contributed by atoms with Gasteiger partial charge in [0.1, 0.15) is 0 Å². The number of benzene rings is 19. The van der Waals surface area contributed by atoms with Crippen molar-refractivity contribution in [2.24, 2.45) is 0 Å². The Kier molecular flexibility index (Phi) is 19.9. The van der Waals surface area contributed by atoms with Gasteiger partial charge in [-0.2, -0.15) is 9.97 Å². The van der Waals surface area contributed by atoms with Gasteiger partial charge in [0.25, 0.3) is 0 Å². The highest BCUT2D eigenvalue weighted by atomic mass is 15.2. The number of hydrogen-bond acceptors (Lipinski definition) is 9. The van der Waals surface area contributed by atoms with Gasteiger partial charge < -0.3 is 18.3 Å². The summed E-state index contributed by atoms with van der Waals surface area (Å²) in [6.45, 7) is 4.68. The predicted octanol–water partition coefficient (Wildman–Crippen LogP) is 30.7. The first-order valence-electron chi connectivity index (χ1n) is 47.2. The van der Waals surface area contributed by atoms with Crippen LogP contribution in [0.2, 0.25) is 0 Å². The third-order valence-corrected chi connectivity index (χ3v) is 27.4. The van der Waals surface area contributed by atoms with E-state index in [1.807, 2.05) is 182 Å². The summed E-state index contributed by atoms with van der Waals surface area (Å²) in [6.07, 6.45) is 0. The lowest BCUT2D eigenvalue weighted by Gasteiger charge is -2.21. The van der Waals surface area contributed by atoms with Crippen molar-refractivity contribution in [3.8, 4) is 131 Å². The van der Waals surface area contributed by atoms with Crippen molar-refractivity contribution < 1.29 is 0 Å². The van der Waals surface area contributed by atoms with Crippen LogP contribution < -0.4 is 0 Å². The molecule has 1 aliphatic carbocycles. The molecular weight excluding hydrogens is 1710 g/mol. The molecule has 0 fully saturated rings. The number of hydrogen-bond donors (Lipinski definition) is 0. The van der Waals surface area contributed by atoms with Crippen LogP contribution in [-0.2, 0) is 5.41 Å². The monoisotopic (exact) mass is 1790 g/mol. The highest BCUT2D eigenvalue weighted by molar-refractivity contribution is 6.26. The maximum Gasteiger partial charge on any atom is 0.238 e. The van der Waals surface area contributed by atoms with Crippen LogP contribution >= 0.6 is 0 Å². The van der Waals surface area contributed by atoms with E-state index in [0.29, 0.717) is 52.5 Å². The van der Waals surface area contributed by atoms with E-state index in [9.17, 15) is 0 Å². The molecular formula is C126H84N14. The molecule has 1 aliphatic rings. The molecule has 0 N–H and O–H groups in total. The van der Waals surface area contributed by atoms with E-state index in [-0.39, 0.29) is 5.41 Å². The zero-order chi connectivity index (χ0) is 92.9. The maximum atomic E-state index is 5.17. The summed E-state index contributed by atoms with van der Waals surface area (Å²) in [6, 6.07) is 165. The number of fused-ring (bicyclic) bond motifs is 20. The fourth-order valence-corrected chi connectivity index (χ4v) is 20.9. The minimum absolute atomic E-state index is 0.0489. The van der Waals surface area contributed by atoms with Crippen molar-refractivity contribution in [2.75, 3.05) is 0 Å². The molecule has 0 saturated carbocycles. The van der Waals surface area contributed by atoms with Crippen LogP contribution in [0, 0.1) is 0 Å². The fourth-order valence-electron chi connectivity index (χ4n) is 20.9. The predicted molar refractivity (Wildman–Crippen MR) is 572 cm³/mol. The van der Waals surface area contributed by atoms with E-state index in [2.05, 4.69) is 328 Å². The van der Waals surface area contributed by atoms with Crippen molar-refractivity contribution in [3.05, 3.63) is 484 Å². The van der Waals surface area contributed by atoms with Gasteiger partial charge in [-0.25, -0.2) is 34.9 Å². The Labute approximate surface area is 805 Å². The Morgan fingerprint density at radius 2 is 0.393 bits per heavy atom. The van der Waals surface area contributed by atoms with Crippen LogP contribution in [0.4, 0.5) is 0 Å². The Morgan fingerprint density at radius 3 is 0.721 bits per heavy atom. The summed E-state index contributed by atoms with van der Waals surface area (Å²) in [5.41, 5.74) is 28.9. The molecule has 0 aliphatic heterocycles. The molecule has 658 valence electrons. The van der Waals surface area contributed by atoms with Crippen molar-refractivity contribution in [1.82, 2.24) is 67.7 Å². The second-order valence-corrected chi connectivity index (χ2v) is 35.9. The molecule has 0 amide bonds. The number of rotatable bonds is 13. The molecule has 0 atom stereocenters. The summed E-state index contributed by atoms with van der Waals surface area (Å²) in [5.74, 6) is 5.76. The largest absolute Gasteiger partial charge is 0.309 e. The third-order valence-electron chi connectivity index (χ3n) is 27.4. The Bertz CT molecular complexity index is 9300. The van der Waals surface area contributed by atoms with Gasteiger partial charge in [-0.1, -0.05) is 372 Å². The van der Waals surface area contributed by atoms with E-state index < -0.39 is 0 Å². The lowest BCUT2D eigenvalue weighted by molar-refractivity contribution is 0.661. The first-order valence-corrected chi connectivity index (χ1v) is 47.2. The lowest BCUT2D eigenvalue weighted by Crippen LogP contribution is -2.14. The molecule has 8 aromatic heterocycles. The molecule has 14 heteroatoms. The molecule has 0 spiro atoms. The van der Waals surface area contributed by atoms with Crippen molar-refractivity contribution in [3.63, 3.8) is 0 Å². The highest BCUT2D eigenvalue weighted by Gasteiger charge is 2.37. The molecule has 8 heterocycles. The summed E-state index contributed by atoms with van der Waals surface area (Å²) < 4.78 is 11.8. The van der Waals surface area contributed by atoms with Crippen LogP contribution in [0.5, 0.6) is 0 Å². The van der Waals surface area contributed by atoms with Crippen LogP contribution in [0.3, 0.4) is 0 Å². The normalized spacial score (nSPS) is 12.1. The van der Waals surface area contributed by atoms with E-state index in [1.165, 1.54) is 92.9 Å². The second-order valence-electron chi connectivity index (χ2n) is 35.9. The number of para-hydroxylation sites is 7. The second kappa shape index (κ2) is 34.0. The van der Waals surface area contributed by atoms with E-state index >= 15 is 0 Å². The third kappa shape index (κ3) is 14.0. The molecule has 19 aromatic carbocycles. The standard InChI is InChI=1S/C45H29N5.C42H30N4.C39H25N5/c1-4-14-30(15-5-1)43-46-44(31-16-6-2-7-17-31)48-45(47-43)32-24-26-34(27-25-32)50-40-23-13-11-21-36(40)38-29-28-37-35-20-10-12-22-39(35)49(41(37)42(38)50)33-18-8-3-9-19-33;1-42(2)35-19-11-9-17-31(35)33-26-38-34(25-36(33)42)32-18-10-12-20-37(32)46(38)30-23-21-29(22-24-30)41-44-39(27-13-5-3-6-14-27)43-40(45-41)28-15-7-4-8-16-28;1-4-14-26(15-5-1)37-40-38(27-16-6-2-7-17-27)42-39(41-37)44-34-23-13-11-21-30(34)32-25-24-31-29-20-10-12-22-33(29)43(35(31)36(32)44)28-18-8-3-9-19-28/h1-29H;3-26H,1-2H3;1-25H. The quantitative estimate of drug-likeness (QED) is 0.110. The average Bonchev–Trinajstić information content (AvgIpc) is 1.55. The van der Waals surface area contributed by atoms with Gasteiger partial charge in [0.05, 0.1) is 55.2 Å². The van der Waals surface area contributed by atoms with Gasteiger partial charge in [-0.3, -0.25) is 4.57 Å². The first kappa shape index (κ1) is 81.9. The van der Waals surface area contributed by atoms with Gasteiger partial charge in [-0.05, 0) is 138 Å². The molecule has 27 aromatic rings. The van der Waals surface area contributed by atoms with Crippen LogP contribution in [0.15, 0.2) is 473 Å². The summed E-state index contributed by atoms with van der Waals surface area (Å²) >= 11 is 0. The Hall–Kier alpha value is -18.8. The van der Waals surface area contributed by atoms with Crippen molar-refractivity contribution in [1.29, 1.82) is 0 Å². The molecule has 0 radical (unpaired) electrons. The van der Waals surface area contributed by atoms with Gasteiger partial charge in [0.2, 0.25) is 5.95 Å². The maximum absolute atomic E-state index is 5.17. The summed E-state index contributed by atoms with van der Waals surface area (Å²) in [5, 5.41) is 12.1. The number of aromatic nitrogens is 14. The molecule has 28 rings (SSSR count). The van der Waals surface area contributed by atoms with Crippen LogP contribution in [-0.4, -0.2) is 67.7 Å². The minimum atomic E-state index is -0.0489. The zero-order valence-electron chi connectivity index (χ0n) is 76.3. The number of nitrogens with zero attached hydrogens (tertiary/aromatic N) is 14. The van der Waals surface area contributed by atoms with Gasteiger partial charge in [0, 0.05) is 127 Å². The molecule has 14 nitrogen and oxygen atoms in total. The summed E-state index contributed by atoms with van der Waals surface area (Å²) in [4.78, 5) is 44.8. The van der Waals surface area contributed by atoms with E-state index in [4.69, 9.17) is 44.9 Å². The van der Waals surface area contributed by atoms with Crippen molar-refractivity contribution in [2.45, 2.75) is 19.3 Å². The smallest absolute Gasteiger partial charge is 0.238 e. The topological polar surface area (TPSA) is 141 Å². The fraction of sp³-hybridized carbons (Fsp3) is 0.0238. The molecule has 0 unspecified atom stereocenters. The summed E-state index contributed by atoms with van der Waals surface area (Å²) in [7, 11) is 0. The minimum Gasteiger partial charge on any atom is -0.309 e. The highest BCUT2D eigenvalue weighted by Crippen LogP contribution is 2.52. The molecule has 140 heavy (non-hydrogen) atoms. The lowest BCUT2D eigenvalue weighted by atomic mass is 9.82. The Morgan fingerprint density at radius 1 is 0.157 bits per heavy atom. The Balaban J connectivity index is 0.000000108. The zero-order valence-corrected chi connectivity index (χ0v) is 76.3. The van der Waals surface area contributed by atoms with Crippen LogP contribution in [0.25, 0.3) is 240 Å². The average molecular weight is 1790 g/mol. The first-order chi connectivity index (χ1) is 69.2. The van der Waals surface area contributed by atoms with Gasteiger partial charge >= 0.3 is 0 Å². The van der Waals surface area contributed by atoms with Gasteiger partial charge in [-0.15, -0.1) is 0 Å². The SMILES string of the molecule is CC1(C)c2ccccc2-c2cc3c(cc21)c1ccccc1n3-c1ccc(-c2nc(-c3ccccc3)nc(-c3ccccc3)n2)cc1.c1ccc(-c2nc(-c3ccccc3)nc(-c3ccc(-n4c5ccccc5c5ccc6c7ccccc7n(-c7ccccc7)c6c54)cc3)n2)cc1.c1ccc(-c2nc(-c3ccccc3)nc(-n3c4ccccc4c4ccc5c6ccccc6n(-c6ccccc6)c5c43)n2)cc1. The van der Waals surface area contributed by atoms with E-state index in [0.717, 1.165) is 106 Å². The molecule has 0 bridgehead atoms.